The van der Waals surface area contributed by atoms with E-state index in [1.54, 1.807) is 60.8 Å². The van der Waals surface area contributed by atoms with Crippen molar-refractivity contribution < 1.29 is 14.3 Å². The first-order chi connectivity index (χ1) is 15.4. The third kappa shape index (κ3) is 5.01. The number of hydrogen-bond acceptors (Lipinski definition) is 6. The molecule has 2 aromatic carbocycles. The lowest BCUT2D eigenvalue weighted by molar-refractivity contribution is 0.102. The molecule has 9 heteroatoms. The maximum atomic E-state index is 12.3. The summed E-state index contributed by atoms with van der Waals surface area (Å²) in [6.45, 7) is 1.86. The molecule has 0 aliphatic carbocycles. The molecular formula is C23H18BrN5O3. The van der Waals surface area contributed by atoms with E-state index in [1.165, 1.54) is 6.20 Å². The number of nitrogens with one attached hydrogen (secondary N) is 2. The highest BCUT2D eigenvalue weighted by molar-refractivity contribution is 9.10. The largest absolute Gasteiger partial charge is 0.417 e. The Morgan fingerprint density at radius 1 is 0.969 bits per heavy atom. The van der Waals surface area contributed by atoms with Crippen LogP contribution in [0.25, 0.3) is 10.9 Å². The molecule has 0 radical (unpaired) electrons. The average Bonchev–Trinajstić information content (AvgIpc) is 2.75. The molecule has 0 unspecified atom stereocenters. The number of anilines is 3. The predicted octanol–water partition coefficient (Wildman–Crippen LogP) is 5.15. The van der Waals surface area contributed by atoms with Crippen molar-refractivity contribution >= 4 is 55.9 Å². The lowest BCUT2D eigenvalue weighted by atomic mass is 10.1. The third-order valence-corrected chi connectivity index (χ3v) is 4.94. The van der Waals surface area contributed by atoms with Gasteiger partial charge in [0, 0.05) is 45.0 Å². The van der Waals surface area contributed by atoms with Gasteiger partial charge in [-0.25, -0.2) is 4.79 Å². The smallest absolute Gasteiger partial charge is 0.410 e. The van der Waals surface area contributed by atoms with Crippen molar-refractivity contribution in [3.63, 3.8) is 0 Å². The number of nitrogen functional groups attached to an aromatic ring is 1. The standard InChI is InChI=1S/C23H18BrN5O3/c1-13-8-20(25)19-10-18(6-7-21(19)27-13)32-23(31)29-17-4-2-16(3-5-17)28-22(30)14-9-15(24)12-26-11-14/h2-12H,1H3,(H2,25,27)(H,28,30)(H,29,31). The van der Waals surface area contributed by atoms with Crippen LogP contribution < -0.4 is 21.1 Å². The Labute approximate surface area is 192 Å². The Kier molecular flexibility index (Phi) is 6.00. The molecule has 4 aromatic rings. The van der Waals surface area contributed by atoms with E-state index in [0.717, 1.165) is 11.2 Å². The molecule has 160 valence electrons. The van der Waals surface area contributed by atoms with Crippen molar-refractivity contribution in [1.82, 2.24) is 9.97 Å². The molecule has 0 spiro atoms. The number of aromatic nitrogens is 2. The highest BCUT2D eigenvalue weighted by Crippen LogP contribution is 2.25. The molecule has 4 rings (SSSR count). The summed E-state index contributed by atoms with van der Waals surface area (Å²) in [4.78, 5) is 32.9. The zero-order valence-corrected chi connectivity index (χ0v) is 18.5. The molecule has 0 saturated carbocycles. The van der Waals surface area contributed by atoms with Crippen LogP contribution in [0.5, 0.6) is 5.75 Å². The fraction of sp³-hybridized carbons (Fsp3) is 0.0435. The summed E-state index contributed by atoms with van der Waals surface area (Å²) in [6.07, 6.45) is 2.42. The van der Waals surface area contributed by atoms with Crippen LogP contribution in [0.3, 0.4) is 0 Å². The van der Waals surface area contributed by atoms with Gasteiger partial charge in [0.05, 0.1) is 11.1 Å². The number of pyridine rings is 2. The zero-order chi connectivity index (χ0) is 22.7. The number of amides is 2. The van der Waals surface area contributed by atoms with Gasteiger partial charge in [-0.15, -0.1) is 0 Å². The molecule has 2 heterocycles. The van der Waals surface area contributed by atoms with Crippen molar-refractivity contribution in [3.8, 4) is 5.75 Å². The maximum absolute atomic E-state index is 12.3. The lowest BCUT2D eigenvalue weighted by Crippen LogP contribution is -2.17. The number of benzene rings is 2. The molecule has 0 aliphatic heterocycles. The van der Waals surface area contributed by atoms with E-state index in [0.29, 0.717) is 38.2 Å². The summed E-state index contributed by atoms with van der Waals surface area (Å²) in [6, 6.07) is 15.2. The Morgan fingerprint density at radius 3 is 2.41 bits per heavy atom. The lowest BCUT2D eigenvalue weighted by Gasteiger charge is -2.10. The first kappa shape index (κ1) is 21.3. The van der Waals surface area contributed by atoms with Crippen LogP contribution in [0.15, 0.2) is 71.5 Å². The highest BCUT2D eigenvalue weighted by atomic mass is 79.9. The average molecular weight is 492 g/mol. The highest BCUT2D eigenvalue weighted by Gasteiger charge is 2.10. The number of carbonyl (C=O) groups excluding carboxylic acids is 2. The molecular weight excluding hydrogens is 474 g/mol. The monoisotopic (exact) mass is 491 g/mol. The van der Waals surface area contributed by atoms with Gasteiger partial charge in [-0.05, 0) is 77.5 Å². The minimum absolute atomic E-state index is 0.292. The first-order valence-electron chi connectivity index (χ1n) is 9.55. The normalized spacial score (nSPS) is 10.6. The number of halogens is 1. The SMILES string of the molecule is Cc1cc(N)c2cc(OC(=O)Nc3ccc(NC(=O)c4cncc(Br)c4)cc3)ccc2n1. The second-order valence-corrected chi connectivity index (χ2v) is 7.89. The number of nitrogens with two attached hydrogens (primary N) is 1. The van der Waals surface area contributed by atoms with Crippen molar-refractivity contribution in [3.05, 3.63) is 82.7 Å². The summed E-state index contributed by atoms with van der Waals surface area (Å²) in [7, 11) is 0. The summed E-state index contributed by atoms with van der Waals surface area (Å²) in [5.74, 6) is 0.0537. The molecule has 8 nitrogen and oxygen atoms in total. The fourth-order valence-corrected chi connectivity index (χ4v) is 3.42. The van der Waals surface area contributed by atoms with Crippen LogP contribution in [0.4, 0.5) is 21.9 Å². The second kappa shape index (κ2) is 9.03. The van der Waals surface area contributed by atoms with Gasteiger partial charge in [0.25, 0.3) is 5.91 Å². The molecule has 0 fully saturated rings. The van der Waals surface area contributed by atoms with E-state index in [9.17, 15) is 9.59 Å². The number of carbonyl (C=O) groups is 2. The molecule has 2 amide bonds. The van der Waals surface area contributed by atoms with Crippen molar-refractivity contribution in [2.45, 2.75) is 6.92 Å². The number of hydrogen-bond donors (Lipinski definition) is 3. The van der Waals surface area contributed by atoms with E-state index in [1.807, 2.05) is 6.92 Å². The molecule has 0 bridgehead atoms. The van der Waals surface area contributed by atoms with Crippen molar-refractivity contribution in [2.24, 2.45) is 0 Å². The Balaban J connectivity index is 1.38. The summed E-state index contributed by atoms with van der Waals surface area (Å²) >= 11 is 3.29. The van der Waals surface area contributed by atoms with E-state index >= 15 is 0 Å². The van der Waals surface area contributed by atoms with Crippen LogP contribution in [0, 0.1) is 6.92 Å². The van der Waals surface area contributed by atoms with Crippen LogP contribution in [-0.4, -0.2) is 22.0 Å². The topological polar surface area (TPSA) is 119 Å². The van der Waals surface area contributed by atoms with Gasteiger partial charge in [0.1, 0.15) is 5.75 Å². The van der Waals surface area contributed by atoms with Crippen LogP contribution >= 0.6 is 15.9 Å². The predicted molar refractivity (Wildman–Crippen MR) is 127 cm³/mol. The van der Waals surface area contributed by atoms with Crippen LogP contribution in [0.1, 0.15) is 16.1 Å². The van der Waals surface area contributed by atoms with E-state index < -0.39 is 6.09 Å². The van der Waals surface area contributed by atoms with E-state index in [-0.39, 0.29) is 5.91 Å². The Bertz CT molecular complexity index is 1330. The second-order valence-electron chi connectivity index (χ2n) is 6.97. The van der Waals surface area contributed by atoms with Crippen molar-refractivity contribution in [1.29, 1.82) is 0 Å². The molecule has 2 aromatic heterocycles. The summed E-state index contributed by atoms with van der Waals surface area (Å²) < 4.78 is 6.07. The van der Waals surface area contributed by atoms with Gasteiger partial charge in [-0.1, -0.05) is 0 Å². The van der Waals surface area contributed by atoms with E-state index in [2.05, 4.69) is 36.5 Å². The van der Waals surface area contributed by atoms with Crippen LogP contribution in [-0.2, 0) is 0 Å². The molecule has 0 saturated heterocycles. The molecule has 0 atom stereocenters. The minimum atomic E-state index is -0.653. The molecule has 4 N–H and O–H groups in total. The first-order valence-corrected chi connectivity index (χ1v) is 10.3. The van der Waals surface area contributed by atoms with E-state index in [4.69, 9.17) is 10.5 Å². The van der Waals surface area contributed by atoms with Gasteiger partial charge in [0.15, 0.2) is 0 Å². The summed E-state index contributed by atoms with van der Waals surface area (Å²) in [5, 5.41) is 6.13. The van der Waals surface area contributed by atoms with Gasteiger partial charge >= 0.3 is 6.09 Å². The Morgan fingerprint density at radius 2 is 1.69 bits per heavy atom. The van der Waals surface area contributed by atoms with Gasteiger partial charge < -0.3 is 15.8 Å². The number of ether oxygens (including phenoxy) is 1. The fourth-order valence-electron chi connectivity index (χ4n) is 3.06. The minimum Gasteiger partial charge on any atom is -0.410 e. The zero-order valence-electron chi connectivity index (χ0n) is 16.9. The number of nitrogens with zero attached hydrogens (tertiary/aromatic N) is 2. The number of fused-ring (bicyclic) bond motifs is 1. The summed E-state index contributed by atoms with van der Waals surface area (Å²) in [5.41, 5.74) is 9.65. The third-order valence-electron chi connectivity index (χ3n) is 4.51. The molecule has 32 heavy (non-hydrogen) atoms. The Hall–Kier alpha value is -3.98. The van der Waals surface area contributed by atoms with Crippen molar-refractivity contribution in [2.75, 3.05) is 16.4 Å². The maximum Gasteiger partial charge on any atom is 0.417 e. The van der Waals surface area contributed by atoms with Gasteiger partial charge in [-0.2, -0.15) is 0 Å². The van der Waals surface area contributed by atoms with Gasteiger partial charge in [0.2, 0.25) is 0 Å². The van der Waals surface area contributed by atoms with Crippen LogP contribution in [0.2, 0.25) is 0 Å². The number of aryl methyl sites for hydroxylation is 1. The quantitative estimate of drug-likeness (QED) is 0.363. The molecule has 0 aliphatic rings. The number of rotatable bonds is 4. The van der Waals surface area contributed by atoms with Gasteiger partial charge in [-0.3, -0.25) is 20.1 Å².